The van der Waals surface area contributed by atoms with Gasteiger partial charge >= 0.3 is 0 Å². The molecule has 0 bridgehead atoms. The number of rotatable bonds is 5. The van der Waals surface area contributed by atoms with Crippen LogP contribution in [0.15, 0.2) is 23.1 Å². The van der Waals surface area contributed by atoms with Gasteiger partial charge in [0, 0.05) is 10.6 Å². The van der Waals surface area contributed by atoms with Crippen LogP contribution in [0, 0.1) is 5.92 Å². The van der Waals surface area contributed by atoms with Crippen molar-refractivity contribution in [1.82, 2.24) is 0 Å². The van der Waals surface area contributed by atoms with E-state index in [1.54, 1.807) is 0 Å². The molecule has 0 aliphatic carbocycles. The highest BCUT2D eigenvalue weighted by Crippen LogP contribution is 2.30. The van der Waals surface area contributed by atoms with Gasteiger partial charge in [0.15, 0.2) is 0 Å². The van der Waals surface area contributed by atoms with Gasteiger partial charge in [-0.3, -0.25) is 0 Å². The van der Waals surface area contributed by atoms with Crippen LogP contribution in [0.25, 0.3) is 0 Å². The molecule has 16 heavy (non-hydrogen) atoms. The average Bonchev–Trinajstić information content (AvgIpc) is 2.18. The smallest absolute Gasteiger partial charge is 0.143 e. The lowest BCUT2D eigenvalue weighted by atomic mass is 10.3. The third-order valence-corrected chi connectivity index (χ3v) is 3.35. The number of ether oxygens (including phenoxy) is 1. The lowest BCUT2D eigenvalue weighted by Crippen LogP contribution is -2.07. The number of thioether (sulfide) groups is 1. The summed E-state index contributed by atoms with van der Waals surface area (Å²) < 4.78 is 5.65. The van der Waals surface area contributed by atoms with Crippen molar-refractivity contribution in [3.05, 3.63) is 18.2 Å². The van der Waals surface area contributed by atoms with Crippen LogP contribution in [0.1, 0.15) is 27.7 Å². The van der Waals surface area contributed by atoms with E-state index in [1.807, 2.05) is 37.7 Å². The van der Waals surface area contributed by atoms with E-state index in [9.17, 15) is 0 Å². The Balaban J connectivity index is 2.73. The van der Waals surface area contributed by atoms with Gasteiger partial charge in [-0.25, -0.2) is 0 Å². The quantitative estimate of drug-likeness (QED) is 0.627. The van der Waals surface area contributed by atoms with Gasteiger partial charge in [0.2, 0.25) is 0 Å². The molecule has 0 aliphatic heterocycles. The zero-order valence-electron chi connectivity index (χ0n) is 10.5. The molecule has 0 saturated heterocycles. The Morgan fingerprint density at radius 1 is 1.25 bits per heavy atom. The summed E-state index contributed by atoms with van der Waals surface area (Å²) in [6.07, 6.45) is 0.160. The van der Waals surface area contributed by atoms with Gasteiger partial charge in [0.05, 0.1) is 11.8 Å². The van der Waals surface area contributed by atoms with Gasteiger partial charge in [-0.1, -0.05) is 13.8 Å². The lowest BCUT2D eigenvalue weighted by Gasteiger charge is -2.13. The first-order valence-electron chi connectivity index (χ1n) is 5.68. The van der Waals surface area contributed by atoms with Crippen LogP contribution < -0.4 is 10.5 Å². The molecule has 3 heteroatoms. The summed E-state index contributed by atoms with van der Waals surface area (Å²) in [5.74, 6) is 2.60. The Labute approximate surface area is 103 Å². The topological polar surface area (TPSA) is 35.2 Å². The highest BCUT2D eigenvalue weighted by atomic mass is 32.2. The zero-order valence-corrected chi connectivity index (χ0v) is 11.3. The molecule has 0 radical (unpaired) electrons. The fourth-order valence-corrected chi connectivity index (χ4v) is 2.10. The van der Waals surface area contributed by atoms with Crippen LogP contribution in [0.4, 0.5) is 5.69 Å². The van der Waals surface area contributed by atoms with Crippen LogP contribution in [-0.2, 0) is 0 Å². The van der Waals surface area contributed by atoms with Gasteiger partial charge in [-0.15, -0.1) is 11.8 Å². The van der Waals surface area contributed by atoms with Gasteiger partial charge in [-0.2, -0.15) is 0 Å². The van der Waals surface area contributed by atoms with Crippen molar-refractivity contribution in [2.45, 2.75) is 38.7 Å². The van der Waals surface area contributed by atoms with Crippen molar-refractivity contribution >= 4 is 17.4 Å². The van der Waals surface area contributed by atoms with Gasteiger partial charge in [-0.05, 0) is 38.0 Å². The third-order valence-electron chi connectivity index (χ3n) is 1.93. The van der Waals surface area contributed by atoms with Crippen molar-refractivity contribution in [3.8, 4) is 5.75 Å². The molecule has 0 atom stereocenters. The first kappa shape index (κ1) is 13.2. The van der Waals surface area contributed by atoms with E-state index in [0.717, 1.165) is 11.5 Å². The largest absolute Gasteiger partial charge is 0.489 e. The van der Waals surface area contributed by atoms with Crippen LogP contribution in [-0.4, -0.2) is 11.9 Å². The van der Waals surface area contributed by atoms with Crippen molar-refractivity contribution in [2.75, 3.05) is 11.5 Å². The van der Waals surface area contributed by atoms with Gasteiger partial charge in [0.25, 0.3) is 0 Å². The predicted octanol–water partition coefficient (Wildman–Crippen LogP) is 3.80. The van der Waals surface area contributed by atoms with Gasteiger partial charge < -0.3 is 10.5 Å². The maximum Gasteiger partial charge on any atom is 0.143 e. The van der Waals surface area contributed by atoms with E-state index in [2.05, 4.69) is 19.9 Å². The highest BCUT2D eigenvalue weighted by molar-refractivity contribution is 7.99. The first-order chi connectivity index (χ1) is 7.49. The molecule has 0 amide bonds. The second-order valence-corrected chi connectivity index (χ2v) is 5.66. The molecule has 0 aromatic heterocycles. The van der Waals surface area contributed by atoms with Crippen LogP contribution in [0.5, 0.6) is 5.75 Å². The van der Waals surface area contributed by atoms with E-state index in [0.29, 0.717) is 11.6 Å². The minimum absolute atomic E-state index is 0.160. The molecule has 0 heterocycles. The van der Waals surface area contributed by atoms with Crippen LogP contribution in [0.3, 0.4) is 0 Å². The standard InChI is InChI=1S/C13H21NOS/c1-9(2)8-16-11-5-6-12(14)13(7-11)15-10(3)4/h5-7,9-10H,8,14H2,1-4H3. The van der Waals surface area contributed by atoms with Crippen LogP contribution in [0.2, 0.25) is 0 Å². The molecule has 2 nitrogen and oxygen atoms in total. The fraction of sp³-hybridized carbons (Fsp3) is 0.538. The molecular formula is C13H21NOS. The molecule has 90 valence electrons. The monoisotopic (exact) mass is 239 g/mol. The lowest BCUT2D eigenvalue weighted by molar-refractivity contribution is 0.243. The van der Waals surface area contributed by atoms with Gasteiger partial charge in [0.1, 0.15) is 5.75 Å². The van der Waals surface area contributed by atoms with E-state index >= 15 is 0 Å². The van der Waals surface area contributed by atoms with E-state index < -0.39 is 0 Å². The first-order valence-corrected chi connectivity index (χ1v) is 6.66. The highest BCUT2D eigenvalue weighted by Gasteiger charge is 2.05. The van der Waals surface area contributed by atoms with Crippen molar-refractivity contribution < 1.29 is 4.74 Å². The van der Waals surface area contributed by atoms with Crippen molar-refractivity contribution in [2.24, 2.45) is 5.92 Å². The number of hydrogen-bond donors (Lipinski definition) is 1. The molecule has 0 aliphatic rings. The van der Waals surface area contributed by atoms with E-state index in [-0.39, 0.29) is 6.10 Å². The van der Waals surface area contributed by atoms with Crippen molar-refractivity contribution in [1.29, 1.82) is 0 Å². The Morgan fingerprint density at radius 3 is 2.50 bits per heavy atom. The SMILES string of the molecule is CC(C)CSc1ccc(N)c(OC(C)C)c1. The van der Waals surface area contributed by atoms with E-state index in [1.165, 1.54) is 4.90 Å². The Hall–Kier alpha value is -0.830. The number of nitrogens with two attached hydrogens (primary N) is 1. The molecule has 1 aromatic carbocycles. The fourth-order valence-electron chi connectivity index (χ4n) is 1.22. The summed E-state index contributed by atoms with van der Waals surface area (Å²) in [6.45, 7) is 8.45. The normalized spacial score (nSPS) is 11.1. The maximum atomic E-state index is 5.86. The Kier molecular flexibility index (Phi) is 5.00. The van der Waals surface area contributed by atoms with Crippen LogP contribution >= 0.6 is 11.8 Å². The number of nitrogen functional groups attached to an aromatic ring is 1. The predicted molar refractivity (Wildman–Crippen MR) is 72.2 cm³/mol. The Bertz CT molecular complexity index is 337. The zero-order chi connectivity index (χ0) is 12.1. The summed E-state index contributed by atoms with van der Waals surface area (Å²) in [6, 6.07) is 6.00. The molecular weight excluding hydrogens is 218 g/mol. The van der Waals surface area contributed by atoms with Crippen molar-refractivity contribution in [3.63, 3.8) is 0 Å². The molecule has 1 rings (SSSR count). The second kappa shape index (κ2) is 6.04. The minimum atomic E-state index is 0.160. The number of hydrogen-bond acceptors (Lipinski definition) is 3. The number of benzene rings is 1. The summed E-state index contributed by atoms with van der Waals surface area (Å²) >= 11 is 1.84. The minimum Gasteiger partial charge on any atom is -0.489 e. The second-order valence-electron chi connectivity index (χ2n) is 4.57. The molecule has 0 unspecified atom stereocenters. The molecule has 0 spiro atoms. The number of anilines is 1. The van der Waals surface area contributed by atoms with E-state index in [4.69, 9.17) is 10.5 Å². The molecule has 0 fully saturated rings. The third kappa shape index (κ3) is 4.35. The maximum absolute atomic E-state index is 5.86. The summed E-state index contributed by atoms with van der Waals surface area (Å²) in [5, 5.41) is 0. The molecule has 1 aromatic rings. The summed E-state index contributed by atoms with van der Waals surface area (Å²) in [4.78, 5) is 1.22. The average molecular weight is 239 g/mol. The molecule has 2 N–H and O–H groups in total. The Morgan fingerprint density at radius 2 is 1.94 bits per heavy atom. The summed E-state index contributed by atoms with van der Waals surface area (Å²) in [7, 11) is 0. The molecule has 0 saturated carbocycles. The summed E-state index contributed by atoms with van der Waals surface area (Å²) in [5.41, 5.74) is 6.57.